The molecule has 2 aromatic heterocycles. The van der Waals surface area contributed by atoms with Gasteiger partial charge in [0.15, 0.2) is 12.3 Å². The molecule has 1 aromatic carbocycles. The Balaban J connectivity index is 1.78. The van der Waals surface area contributed by atoms with Gasteiger partial charge in [-0.1, -0.05) is 0 Å². The predicted octanol–water partition coefficient (Wildman–Crippen LogP) is 2.94. The van der Waals surface area contributed by atoms with Gasteiger partial charge < -0.3 is 13.8 Å². The van der Waals surface area contributed by atoms with Crippen LogP contribution < -0.4 is 9.08 Å². The molecular weight excluding hydrogens is 466 g/mol. The average Bonchev–Trinajstić information content (AvgIpc) is 3.11. The van der Waals surface area contributed by atoms with Crippen LogP contribution in [-0.2, 0) is 14.9 Å². The van der Waals surface area contributed by atoms with Gasteiger partial charge in [0.2, 0.25) is 0 Å². The van der Waals surface area contributed by atoms with Gasteiger partial charge in [-0.2, -0.15) is 30.8 Å². The molecule has 3 aromatic rings. The van der Waals surface area contributed by atoms with E-state index in [1.807, 2.05) is 4.90 Å². The molecule has 0 N–H and O–H groups in total. The van der Waals surface area contributed by atoms with Crippen molar-refractivity contribution < 1.29 is 34.4 Å². The van der Waals surface area contributed by atoms with E-state index < -0.39 is 21.4 Å². The van der Waals surface area contributed by atoms with E-state index in [0.29, 0.717) is 32.1 Å². The number of rotatable bonds is 5. The fourth-order valence-electron chi connectivity index (χ4n) is 3.00. The summed E-state index contributed by atoms with van der Waals surface area (Å²) in [5, 5.41) is 4.16. The first kappa shape index (κ1) is 21.6. The maximum atomic E-state index is 13.6. The summed E-state index contributed by atoms with van der Waals surface area (Å²) in [7, 11) is -5.87. The number of morpholine rings is 1. The minimum atomic E-state index is -5.87. The van der Waals surface area contributed by atoms with E-state index in [-0.39, 0.29) is 34.6 Å². The summed E-state index contributed by atoms with van der Waals surface area (Å²) < 4.78 is 84.5. The number of fused-ring (bicyclic) bond motifs is 1. The quantitative estimate of drug-likeness (QED) is 0.311. The first-order valence-electron chi connectivity index (χ1n) is 8.67. The van der Waals surface area contributed by atoms with Crippen molar-refractivity contribution in [3.05, 3.63) is 30.6 Å². The number of alkyl halides is 3. The number of hydrogen-bond donors (Lipinski definition) is 0. The lowest BCUT2D eigenvalue weighted by Gasteiger charge is -2.27. The van der Waals surface area contributed by atoms with Gasteiger partial charge in [-0.3, -0.25) is 0 Å². The Hall–Kier alpha value is -2.65. The second-order valence-corrected chi connectivity index (χ2v) is 8.34. The van der Waals surface area contributed by atoms with Crippen LogP contribution in [0.1, 0.15) is 0 Å². The van der Waals surface area contributed by atoms with Crippen molar-refractivity contribution in [2.24, 2.45) is 0 Å². The van der Waals surface area contributed by atoms with E-state index in [1.54, 1.807) is 6.07 Å². The fourth-order valence-corrected chi connectivity index (χ4v) is 3.83. The third-order valence-corrected chi connectivity index (χ3v) is 5.77. The summed E-state index contributed by atoms with van der Waals surface area (Å²) in [6.45, 7) is 2.19. The second kappa shape index (κ2) is 8.12. The van der Waals surface area contributed by atoms with Gasteiger partial charge in [-0.25, -0.2) is 9.97 Å². The lowest BCUT2D eigenvalue weighted by molar-refractivity contribution is -0.0500. The summed E-state index contributed by atoms with van der Waals surface area (Å²) in [6, 6.07) is 4.82. The van der Waals surface area contributed by atoms with Crippen LogP contribution in [0.15, 0.2) is 30.6 Å². The SMILES string of the molecule is O=S(=O)(Oc1ccc2nn(SF)c(-c3cc(N4CCOCC4)ncn3)c2c1)C(F)(F)F. The van der Waals surface area contributed by atoms with Crippen LogP contribution in [0.2, 0.25) is 0 Å². The molecule has 0 radical (unpaired) electrons. The Morgan fingerprint density at radius 2 is 1.87 bits per heavy atom. The van der Waals surface area contributed by atoms with Crippen LogP contribution >= 0.6 is 12.3 Å². The van der Waals surface area contributed by atoms with E-state index in [4.69, 9.17) is 4.74 Å². The Bertz CT molecular complexity index is 1210. The molecule has 9 nitrogen and oxygen atoms in total. The van der Waals surface area contributed by atoms with Crippen molar-refractivity contribution in [3.63, 3.8) is 0 Å². The van der Waals surface area contributed by atoms with Gasteiger partial charge in [0, 0.05) is 24.5 Å². The first-order chi connectivity index (χ1) is 14.7. The van der Waals surface area contributed by atoms with Gasteiger partial charge in [-0.05, 0) is 18.2 Å². The lowest BCUT2D eigenvalue weighted by atomic mass is 10.1. The van der Waals surface area contributed by atoms with E-state index in [0.717, 1.165) is 16.2 Å². The smallest absolute Gasteiger partial charge is 0.378 e. The molecule has 0 atom stereocenters. The van der Waals surface area contributed by atoms with Crippen LogP contribution in [0.4, 0.5) is 22.9 Å². The molecule has 0 bridgehead atoms. The summed E-state index contributed by atoms with van der Waals surface area (Å²) in [6.07, 6.45) is 1.26. The largest absolute Gasteiger partial charge is 0.534 e. The molecule has 0 amide bonds. The number of aromatic nitrogens is 4. The molecule has 0 spiro atoms. The topological polar surface area (TPSA) is 99.4 Å². The standard InChI is InChI=1S/C16H13F4N5O4S2/c17-16(18,19)31(26,27)29-10-1-2-12-11(7-10)15(25(23-12)30-20)13-8-14(22-9-21-13)24-3-5-28-6-4-24/h1-2,7-9H,3-6H2. The van der Waals surface area contributed by atoms with E-state index in [9.17, 15) is 25.5 Å². The molecule has 3 heterocycles. The van der Waals surface area contributed by atoms with Crippen molar-refractivity contribution in [2.45, 2.75) is 5.51 Å². The highest BCUT2D eigenvalue weighted by Crippen LogP contribution is 2.35. The number of nitrogens with zero attached hydrogens (tertiary/aromatic N) is 5. The van der Waals surface area contributed by atoms with Gasteiger partial charge in [-0.15, -0.1) is 3.89 Å². The Labute approximate surface area is 177 Å². The van der Waals surface area contributed by atoms with Gasteiger partial charge in [0.1, 0.15) is 23.6 Å². The molecular formula is C16H13F4N5O4S2. The molecule has 31 heavy (non-hydrogen) atoms. The number of ether oxygens (including phenoxy) is 1. The molecule has 0 aliphatic carbocycles. The molecule has 1 aliphatic rings. The van der Waals surface area contributed by atoms with Gasteiger partial charge in [0.05, 0.1) is 24.4 Å². The molecule has 1 aliphatic heterocycles. The van der Waals surface area contributed by atoms with Crippen molar-refractivity contribution in [2.75, 3.05) is 31.2 Å². The maximum absolute atomic E-state index is 13.6. The van der Waals surface area contributed by atoms with Gasteiger partial charge in [0.25, 0.3) is 0 Å². The Kier molecular flexibility index (Phi) is 5.65. The average molecular weight is 479 g/mol. The molecule has 0 unspecified atom stereocenters. The fraction of sp³-hybridized carbons (Fsp3) is 0.312. The maximum Gasteiger partial charge on any atom is 0.534 e. The van der Waals surface area contributed by atoms with Crippen molar-refractivity contribution in [3.8, 4) is 17.1 Å². The highest BCUT2D eigenvalue weighted by Gasteiger charge is 2.48. The molecule has 1 saturated heterocycles. The second-order valence-electron chi connectivity index (χ2n) is 6.31. The van der Waals surface area contributed by atoms with Crippen molar-refractivity contribution >= 4 is 39.2 Å². The zero-order valence-corrected chi connectivity index (χ0v) is 17.0. The molecule has 1 fully saturated rings. The number of hydrogen-bond acceptors (Lipinski definition) is 9. The molecule has 15 heteroatoms. The first-order valence-corrected chi connectivity index (χ1v) is 10.8. The summed E-state index contributed by atoms with van der Waals surface area (Å²) in [5.74, 6) is -0.0537. The summed E-state index contributed by atoms with van der Waals surface area (Å²) in [5.41, 5.74) is -5.05. The Morgan fingerprint density at radius 1 is 1.13 bits per heavy atom. The molecule has 0 saturated carbocycles. The third-order valence-electron chi connectivity index (χ3n) is 4.40. The van der Waals surface area contributed by atoms with Crippen molar-refractivity contribution in [1.82, 2.24) is 19.2 Å². The summed E-state index contributed by atoms with van der Waals surface area (Å²) >= 11 is -0.247. The third kappa shape index (κ3) is 4.24. The monoisotopic (exact) mass is 479 g/mol. The predicted molar refractivity (Wildman–Crippen MR) is 103 cm³/mol. The minimum Gasteiger partial charge on any atom is -0.378 e. The highest BCUT2D eigenvalue weighted by molar-refractivity contribution is 7.92. The van der Waals surface area contributed by atoms with Crippen LogP contribution in [0.5, 0.6) is 5.75 Å². The molecule has 4 rings (SSSR count). The van der Waals surface area contributed by atoms with E-state index >= 15 is 0 Å². The van der Waals surface area contributed by atoms with E-state index in [2.05, 4.69) is 19.2 Å². The zero-order valence-electron chi connectivity index (χ0n) is 15.4. The lowest BCUT2D eigenvalue weighted by Crippen LogP contribution is -2.36. The number of benzene rings is 1. The minimum absolute atomic E-state index is 0.106. The van der Waals surface area contributed by atoms with Crippen LogP contribution in [0.3, 0.4) is 0 Å². The zero-order chi connectivity index (χ0) is 22.2. The normalized spacial score (nSPS) is 15.4. The number of anilines is 1. The van der Waals surface area contributed by atoms with Crippen LogP contribution in [0.25, 0.3) is 22.3 Å². The molecule has 166 valence electrons. The highest BCUT2D eigenvalue weighted by atomic mass is 32.2. The summed E-state index contributed by atoms with van der Waals surface area (Å²) in [4.78, 5) is 10.3. The van der Waals surface area contributed by atoms with Crippen molar-refractivity contribution in [1.29, 1.82) is 0 Å². The van der Waals surface area contributed by atoms with E-state index in [1.165, 1.54) is 12.4 Å². The van der Waals surface area contributed by atoms with Crippen LogP contribution in [0, 0.1) is 0 Å². The van der Waals surface area contributed by atoms with Crippen LogP contribution in [-0.4, -0.2) is 59.4 Å². The Morgan fingerprint density at radius 3 is 2.55 bits per heavy atom. The van der Waals surface area contributed by atoms with Gasteiger partial charge >= 0.3 is 15.6 Å². The number of halogens is 4.